The fourth-order valence-electron chi connectivity index (χ4n) is 12.0. The fourth-order valence-corrected chi connectivity index (χ4v) is 12.8. The van der Waals surface area contributed by atoms with Gasteiger partial charge in [-0.05, 0) is 111 Å². The van der Waals surface area contributed by atoms with E-state index in [0.29, 0.717) is 53.4 Å². The number of nitrogen functional groups attached to an aromatic ring is 1. The zero-order valence-corrected chi connectivity index (χ0v) is 44.0. The van der Waals surface area contributed by atoms with Crippen LogP contribution >= 0.6 is 11.3 Å². The molecule has 7 heterocycles. The van der Waals surface area contributed by atoms with Crippen molar-refractivity contribution in [3.63, 3.8) is 0 Å². The molecule has 18 nitrogen and oxygen atoms in total. The number of likely N-dealkylation sites (tertiary alicyclic amines) is 2. The third-order valence-corrected chi connectivity index (χ3v) is 17.3. The van der Waals surface area contributed by atoms with Crippen LogP contribution in [-0.2, 0) is 19.1 Å². The number of rotatable bonds is 17. The van der Waals surface area contributed by atoms with Gasteiger partial charge in [0, 0.05) is 63.9 Å². The van der Waals surface area contributed by atoms with Crippen LogP contribution < -0.4 is 20.7 Å². The lowest BCUT2D eigenvalue weighted by atomic mass is 9.61. The Kier molecular flexibility index (Phi) is 15.6. The highest BCUT2D eigenvalue weighted by molar-refractivity contribution is 7.13. The number of piperidine rings is 2. The minimum absolute atomic E-state index is 0.0623. The van der Waals surface area contributed by atoms with Crippen molar-refractivity contribution in [1.29, 1.82) is 0 Å². The van der Waals surface area contributed by atoms with Crippen LogP contribution in [0.3, 0.4) is 0 Å². The van der Waals surface area contributed by atoms with Gasteiger partial charge >= 0.3 is 0 Å². The molecule has 4 atom stereocenters. The van der Waals surface area contributed by atoms with Gasteiger partial charge in [0.25, 0.3) is 5.88 Å². The van der Waals surface area contributed by atoms with E-state index in [9.17, 15) is 19.8 Å². The quantitative estimate of drug-likeness (QED) is 0.0788. The molecule has 5 aliphatic rings. The summed E-state index contributed by atoms with van der Waals surface area (Å²) in [6.07, 6.45) is 5.93. The summed E-state index contributed by atoms with van der Waals surface area (Å²) in [6, 6.07) is 17.7. The Morgan fingerprint density at radius 3 is 2.43 bits per heavy atom. The van der Waals surface area contributed by atoms with Crippen molar-refractivity contribution in [3.05, 3.63) is 83.2 Å². The van der Waals surface area contributed by atoms with E-state index < -0.39 is 18.1 Å². The Bertz CT molecular complexity index is 2710. The molecule has 5 fully saturated rings. The number of ether oxygens (including phenoxy) is 3. The van der Waals surface area contributed by atoms with E-state index in [4.69, 9.17) is 24.5 Å². The standard InChI is InChI=1S/C55H72N10O8S/c1-35(2)49(53(69)65-32-40(66)27-45(65)52(68)58-36(3)38-9-11-39(12-10-38)50-37(4)57-34-74-50)47-29-48(61-73-47)71-25-21-62-17-13-54(14-18-62)30-41(31-54)70-24-22-63-23-26-72-55(33-63)15-19-64(20-16-55)44-28-43(59-60-51(44)56)42-7-5-6-8-46(42)67/h5-12,28-29,34-36,40-41,45,49,66-67H,13-27,30-33H2,1-4H3,(H2,56,60)(H,58,68)/t36-,40+,45-,49-/m0/s1. The lowest BCUT2D eigenvalue weighted by Crippen LogP contribution is -2.57. The number of benzene rings is 2. The number of aromatic nitrogens is 4. The molecule has 2 spiro atoms. The summed E-state index contributed by atoms with van der Waals surface area (Å²) >= 11 is 1.59. The summed E-state index contributed by atoms with van der Waals surface area (Å²) in [4.78, 5) is 42.2. The van der Waals surface area contributed by atoms with Gasteiger partial charge in [-0.2, -0.15) is 0 Å². The largest absolute Gasteiger partial charge is 0.507 e. The number of aliphatic hydroxyl groups is 1. The number of aryl methyl sites for hydroxylation is 1. The number of nitrogens with zero attached hydrogens (tertiary/aromatic N) is 8. The predicted molar refractivity (Wildman–Crippen MR) is 282 cm³/mol. The van der Waals surface area contributed by atoms with Crippen LogP contribution in [0.25, 0.3) is 21.7 Å². The third-order valence-electron chi connectivity index (χ3n) is 16.4. The minimum atomic E-state index is -0.820. The lowest BCUT2D eigenvalue weighted by Gasteiger charge is -2.52. The van der Waals surface area contributed by atoms with Crippen molar-refractivity contribution in [2.24, 2.45) is 11.3 Å². The lowest BCUT2D eigenvalue weighted by molar-refractivity contribution is -0.141. The van der Waals surface area contributed by atoms with Crippen molar-refractivity contribution in [3.8, 4) is 33.3 Å². The van der Waals surface area contributed by atoms with Gasteiger partial charge < -0.3 is 49.8 Å². The molecule has 0 radical (unpaired) electrons. The van der Waals surface area contributed by atoms with Crippen molar-refractivity contribution in [1.82, 2.24) is 40.4 Å². The molecule has 10 rings (SSSR count). The van der Waals surface area contributed by atoms with Crippen LogP contribution in [0.15, 0.2) is 70.7 Å². The number of nitrogens with one attached hydrogen (secondary N) is 1. The number of hydrogen-bond donors (Lipinski definition) is 4. The number of aromatic hydroxyl groups is 1. The van der Waals surface area contributed by atoms with Gasteiger partial charge in [0.15, 0.2) is 11.6 Å². The van der Waals surface area contributed by atoms with Gasteiger partial charge in [-0.1, -0.05) is 50.2 Å². The molecule has 4 aliphatic heterocycles. The second kappa shape index (κ2) is 22.3. The molecule has 1 saturated carbocycles. The van der Waals surface area contributed by atoms with Gasteiger partial charge in [0.2, 0.25) is 11.8 Å². The number of β-amino-alcohol motifs (C(OH)–C–C–N with tert-alkyl or cyclic N) is 1. The Hall–Kier alpha value is -5.70. The first kappa shape index (κ1) is 51.8. The van der Waals surface area contributed by atoms with Gasteiger partial charge in [-0.15, -0.1) is 21.5 Å². The van der Waals surface area contributed by atoms with Crippen molar-refractivity contribution in [2.45, 2.75) is 108 Å². The van der Waals surface area contributed by atoms with E-state index in [1.54, 1.807) is 29.5 Å². The van der Waals surface area contributed by atoms with Gasteiger partial charge in [-0.3, -0.25) is 19.4 Å². The molecule has 3 aromatic heterocycles. The number of amides is 2. The number of hydrogen-bond acceptors (Lipinski definition) is 17. The number of nitrogens with two attached hydrogens (primary N) is 1. The number of aliphatic hydroxyl groups excluding tert-OH is 1. The molecule has 4 saturated heterocycles. The SMILES string of the molecule is Cc1ncsc1-c1ccc([C@H](C)NC(=O)[C@@H]2C[C@@H](O)CN2C(=O)[C@H](c2cc(OCCN3CCC4(CC3)CC(OCCN3CCOC5(CCN(c6cc(-c7ccccc7O)nnc6N)CC5)C3)C4)no2)C(C)C)cc1. The second-order valence-corrected chi connectivity index (χ2v) is 22.6. The van der Waals surface area contributed by atoms with E-state index in [1.165, 1.54) is 4.90 Å². The number of anilines is 2. The Labute approximate surface area is 437 Å². The number of morpholine rings is 1. The van der Waals surface area contributed by atoms with Crippen LogP contribution in [-0.4, -0.2) is 160 Å². The zero-order valence-electron chi connectivity index (χ0n) is 43.2. The van der Waals surface area contributed by atoms with Crippen LogP contribution in [0.4, 0.5) is 11.5 Å². The minimum Gasteiger partial charge on any atom is -0.507 e. The summed E-state index contributed by atoms with van der Waals surface area (Å²) in [5.74, 6) is -0.201. The summed E-state index contributed by atoms with van der Waals surface area (Å²) in [6.45, 7) is 16.8. The molecule has 1 aliphatic carbocycles. The maximum absolute atomic E-state index is 14.2. The van der Waals surface area contributed by atoms with Gasteiger partial charge in [0.1, 0.15) is 24.3 Å². The molecular formula is C55H72N10O8S. The first-order chi connectivity index (χ1) is 35.7. The number of phenols is 1. The molecule has 74 heavy (non-hydrogen) atoms. The smallest absolute Gasteiger partial charge is 0.254 e. The normalized spacial score (nSPS) is 22.0. The molecule has 0 bridgehead atoms. The Morgan fingerprint density at radius 1 is 0.946 bits per heavy atom. The maximum atomic E-state index is 14.2. The maximum Gasteiger partial charge on any atom is 0.254 e. The summed E-state index contributed by atoms with van der Waals surface area (Å²) in [7, 11) is 0. The molecule has 5 N–H and O–H groups in total. The molecule has 19 heteroatoms. The molecule has 0 unspecified atom stereocenters. The second-order valence-electron chi connectivity index (χ2n) is 21.7. The van der Waals surface area contributed by atoms with Crippen LogP contribution in [0.5, 0.6) is 11.6 Å². The van der Waals surface area contributed by atoms with Crippen molar-refractivity contribution < 1.29 is 38.5 Å². The van der Waals surface area contributed by atoms with Crippen LogP contribution in [0.1, 0.15) is 94.7 Å². The van der Waals surface area contributed by atoms with Gasteiger partial charge in [-0.25, -0.2) is 4.98 Å². The monoisotopic (exact) mass is 1030 g/mol. The average Bonchev–Trinajstić information content (AvgIpc) is 4.14. The van der Waals surface area contributed by atoms with E-state index in [2.05, 4.69) is 40.4 Å². The summed E-state index contributed by atoms with van der Waals surface area (Å²) in [5.41, 5.74) is 13.4. The number of thiazole rings is 1. The molecule has 2 aromatic carbocycles. The Balaban J connectivity index is 0.626. The fraction of sp³-hybridized carbons (Fsp3) is 0.564. The molecule has 396 valence electrons. The number of para-hydroxylation sites is 1. The highest BCUT2D eigenvalue weighted by atomic mass is 32.1. The van der Waals surface area contributed by atoms with Crippen LogP contribution in [0.2, 0.25) is 0 Å². The average molecular weight is 1030 g/mol. The zero-order chi connectivity index (χ0) is 51.6. The Morgan fingerprint density at radius 2 is 1.70 bits per heavy atom. The summed E-state index contributed by atoms with van der Waals surface area (Å²) < 4.78 is 24.8. The molecular weight excluding hydrogens is 961 g/mol. The van der Waals surface area contributed by atoms with E-state index in [-0.39, 0.29) is 48.1 Å². The molecule has 5 aromatic rings. The number of carbonyl (C=O) groups is 2. The highest BCUT2D eigenvalue weighted by Gasteiger charge is 2.47. The number of carbonyl (C=O) groups excluding carboxylic acids is 2. The van der Waals surface area contributed by atoms with Crippen LogP contribution in [0, 0.1) is 18.3 Å². The number of phenolic OH excluding ortho intramolecular Hbond substituents is 1. The van der Waals surface area contributed by atoms with E-state index >= 15 is 0 Å². The first-order valence-electron chi connectivity index (χ1n) is 26.5. The van der Waals surface area contributed by atoms with Crippen molar-refractivity contribution >= 4 is 34.7 Å². The molecule has 2 amide bonds. The summed E-state index contributed by atoms with van der Waals surface area (Å²) in [5, 5.41) is 36.9. The van der Waals surface area contributed by atoms with E-state index in [1.807, 2.05) is 75.7 Å². The third kappa shape index (κ3) is 11.4. The predicted octanol–water partition coefficient (Wildman–Crippen LogP) is 6.44. The van der Waals surface area contributed by atoms with E-state index in [0.717, 1.165) is 125 Å². The van der Waals surface area contributed by atoms with Gasteiger partial charge in [0.05, 0.1) is 64.5 Å². The topological polar surface area (TPSA) is 218 Å². The van der Waals surface area contributed by atoms with Crippen molar-refractivity contribution in [2.75, 3.05) is 89.4 Å². The highest BCUT2D eigenvalue weighted by Crippen LogP contribution is 2.50. The first-order valence-corrected chi connectivity index (χ1v) is 27.4.